The molecule has 1 aromatic carbocycles. The van der Waals surface area contributed by atoms with Gasteiger partial charge in [0.1, 0.15) is 5.75 Å². The van der Waals surface area contributed by atoms with Gasteiger partial charge in [-0.15, -0.1) is 0 Å². The number of hydrogen-bond acceptors (Lipinski definition) is 3. The topological polar surface area (TPSA) is 41.6 Å². The Hall–Kier alpha value is -1.55. The number of rotatable bonds is 5. The van der Waals surface area contributed by atoms with Crippen LogP contribution < -0.4 is 10.1 Å². The predicted octanol–water partition coefficient (Wildman–Crippen LogP) is 1.49. The molecule has 1 N–H and O–H groups in total. The smallest absolute Gasteiger partial charge is 0.259 e. The summed E-state index contributed by atoms with van der Waals surface area (Å²) < 4.78 is 5.61. The van der Waals surface area contributed by atoms with E-state index in [0.717, 1.165) is 23.4 Å². The standard InChI is InChI=1S/C14H22N2O2/c1-10-6-12(8-15-3)7-11(2)14(10)18-9-13(17)16(4)5/h6-7,15H,8-9H2,1-5H3. The molecule has 0 spiro atoms. The molecule has 1 aromatic rings. The number of ether oxygens (including phenoxy) is 1. The van der Waals surface area contributed by atoms with Crippen LogP contribution in [0.15, 0.2) is 12.1 Å². The van der Waals surface area contributed by atoms with Crippen molar-refractivity contribution in [1.29, 1.82) is 0 Å². The first-order valence-electron chi connectivity index (χ1n) is 6.03. The highest BCUT2D eigenvalue weighted by Gasteiger charge is 2.10. The van der Waals surface area contributed by atoms with Crippen molar-refractivity contribution in [2.45, 2.75) is 20.4 Å². The summed E-state index contributed by atoms with van der Waals surface area (Å²) in [5, 5.41) is 3.12. The average Bonchev–Trinajstić information content (AvgIpc) is 2.27. The Morgan fingerprint density at radius 3 is 2.28 bits per heavy atom. The molecular formula is C14H22N2O2. The number of nitrogens with zero attached hydrogens (tertiary/aromatic N) is 1. The summed E-state index contributed by atoms with van der Waals surface area (Å²) >= 11 is 0. The molecule has 0 aromatic heterocycles. The van der Waals surface area contributed by atoms with Gasteiger partial charge in [0.2, 0.25) is 0 Å². The van der Waals surface area contributed by atoms with Crippen molar-refractivity contribution < 1.29 is 9.53 Å². The van der Waals surface area contributed by atoms with Crippen molar-refractivity contribution in [3.63, 3.8) is 0 Å². The number of carbonyl (C=O) groups excluding carboxylic acids is 1. The van der Waals surface area contributed by atoms with E-state index in [-0.39, 0.29) is 12.5 Å². The summed E-state index contributed by atoms with van der Waals surface area (Å²) in [6, 6.07) is 4.16. The molecule has 0 aliphatic carbocycles. The second-order valence-electron chi connectivity index (χ2n) is 4.67. The minimum absolute atomic E-state index is 0.0342. The number of nitrogens with one attached hydrogen (secondary N) is 1. The van der Waals surface area contributed by atoms with Gasteiger partial charge >= 0.3 is 0 Å². The maximum absolute atomic E-state index is 11.5. The Morgan fingerprint density at radius 1 is 1.28 bits per heavy atom. The molecule has 1 rings (SSSR count). The molecule has 0 radical (unpaired) electrons. The first-order valence-corrected chi connectivity index (χ1v) is 6.03. The van der Waals surface area contributed by atoms with E-state index in [4.69, 9.17) is 4.74 Å². The van der Waals surface area contributed by atoms with Crippen LogP contribution in [0, 0.1) is 13.8 Å². The first-order chi connectivity index (χ1) is 8.45. The Balaban J connectivity index is 2.80. The molecule has 4 heteroatoms. The second kappa shape index (κ2) is 6.40. The maximum Gasteiger partial charge on any atom is 0.259 e. The number of amides is 1. The van der Waals surface area contributed by atoms with E-state index in [1.807, 2.05) is 20.9 Å². The van der Waals surface area contributed by atoms with Crippen LogP contribution in [0.2, 0.25) is 0 Å². The summed E-state index contributed by atoms with van der Waals surface area (Å²) in [6.45, 7) is 4.92. The molecule has 0 unspecified atom stereocenters. The highest BCUT2D eigenvalue weighted by Crippen LogP contribution is 2.24. The van der Waals surface area contributed by atoms with Gasteiger partial charge < -0.3 is 15.0 Å². The monoisotopic (exact) mass is 250 g/mol. The van der Waals surface area contributed by atoms with Crippen LogP contribution in [0.4, 0.5) is 0 Å². The predicted molar refractivity (Wildman–Crippen MR) is 72.9 cm³/mol. The molecular weight excluding hydrogens is 228 g/mol. The molecule has 1 amide bonds. The van der Waals surface area contributed by atoms with Crippen LogP contribution in [0.3, 0.4) is 0 Å². The number of hydrogen-bond donors (Lipinski definition) is 1. The van der Waals surface area contributed by atoms with Crippen molar-refractivity contribution in [2.75, 3.05) is 27.7 Å². The first kappa shape index (κ1) is 14.5. The molecule has 0 fully saturated rings. The van der Waals surface area contributed by atoms with Gasteiger partial charge in [0.05, 0.1) is 0 Å². The van der Waals surface area contributed by atoms with Gasteiger partial charge in [0, 0.05) is 20.6 Å². The number of aryl methyl sites for hydroxylation is 2. The third-order valence-corrected chi connectivity index (χ3v) is 2.74. The highest BCUT2D eigenvalue weighted by molar-refractivity contribution is 5.77. The zero-order valence-electron chi connectivity index (χ0n) is 11.8. The van der Waals surface area contributed by atoms with Crippen LogP contribution in [-0.2, 0) is 11.3 Å². The summed E-state index contributed by atoms with van der Waals surface area (Å²) in [7, 11) is 5.37. The van der Waals surface area contributed by atoms with E-state index in [1.54, 1.807) is 14.1 Å². The fourth-order valence-corrected chi connectivity index (χ4v) is 1.84. The molecule has 0 aliphatic heterocycles. The summed E-state index contributed by atoms with van der Waals surface area (Å²) in [5.41, 5.74) is 3.34. The van der Waals surface area contributed by atoms with Crippen molar-refractivity contribution in [1.82, 2.24) is 10.2 Å². The van der Waals surface area contributed by atoms with Gasteiger partial charge in [-0.25, -0.2) is 0 Å². The highest BCUT2D eigenvalue weighted by atomic mass is 16.5. The molecule has 100 valence electrons. The van der Waals surface area contributed by atoms with E-state index in [0.29, 0.717) is 0 Å². The minimum atomic E-state index is -0.0342. The quantitative estimate of drug-likeness (QED) is 0.861. The van der Waals surface area contributed by atoms with Crippen LogP contribution in [0.25, 0.3) is 0 Å². The van der Waals surface area contributed by atoms with Gasteiger partial charge in [-0.3, -0.25) is 4.79 Å². The number of likely N-dealkylation sites (N-methyl/N-ethyl adjacent to an activating group) is 1. The lowest BCUT2D eigenvalue weighted by Crippen LogP contribution is -2.27. The summed E-state index contributed by atoms with van der Waals surface area (Å²) in [5.74, 6) is 0.776. The van der Waals surface area contributed by atoms with Crippen LogP contribution in [-0.4, -0.2) is 38.6 Å². The minimum Gasteiger partial charge on any atom is -0.483 e. The van der Waals surface area contributed by atoms with Crippen LogP contribution >= 0.6 is 0 Å². The maximum atomic E-state index is 11.5. The molecule has 0 saturated carbocycles. The Labute approximate surface area is 109 Å². The van der Waals surface area contributed by atoms with Gasteiger partial charge in [0.25, 0.3) is 5.91 Å². The normalized spacial score (nSPS) is 10.3. The molecule has 0 aliphatic rings. The summed E-state index contributed by atoms with van der Waals surface area (Å²) in [6.07, 6.45) is 0. The fraction of sp³-hybridized carbons (Fsp3) is 0.500. The van der Waals surface area contributed by atoms with E-state index >= 15 is 0 Å². The van der Waals surface area contributed by atoms with Gasteiger partial charge in [0.15, 0.2) is 6.61 Å². The molecule has 0 atom stereocenters. The Morgan fingerprint density at radius 2 is 1.83 bits per heavy atom. The van der Waals surface area contributed by atoms with E-state index in [2.05, 4.69) is 17.4 Å². The number of carbonyl (C=O) groups is 1. The lowest BCUT2D eigenvalue weighted by molar-refractivity contribution is -0.130. The molecule has 0 bridgehead atoms. The van der Waals surface area contributed by atoms with Crippen molar-refractivity contribution >= 4 is 5.91 Å². The summed E-state index contributed by atoms with van der Waals surface area (Å²) in [4.78, 5) is 13.0. The zero-order valence-corrected chi connectivity index (χ0v) is 11.8. The largest absolute Gasteiger partial charge is 0.483 e. The average molecular weight is 250 g/mol. The van der Waals surface area contributed by atoms with E-state index in [9.17, 15) is 4.79 Å². The van der Waals surface area contributed by atoms with Gasteiger partial charge in [-0.05, 0) is 37.6 Å². The van der Waals surface area contributed by atoms with Crippen molar-refractivity contribution in [2.24, 2.45) is 0 Å². The van der Waals surface area contributed by atoms with Crippen LogP contribution in [0.1, 0.15) is 16.7 Å². The SMILES string of the molecule is CNCc1cc(C)c(OCC(=O)N(C)C)c(C)c1. The third kappa shape index (κ3) is 3.74. The Kier molecular flexibility index (Phi) is 5.16. The Bertz CT molecular complexity index is 405. The van der Waals surface area contributed by atoms with E-state index < -0.39 is 0 Å². The third-order valence-electron chi connectivity index (χ3n) is 2.74. The zero-order chi connectivity index (χ0) is 13.7. The number of benzene rings is 1. The van der Waals surface area contributed by atoms with Gasteiger partial charge in [-0.2, -0.15) is 0 Å². The van der Waals surface area contributed by atoms with Crippen molar-refractivity contribution in [3.05, 3.63) is 28.8 Å². The lowest BCUT2D eigenvalue weighted by atomic mass is 10.1. The second-order valence-corrected chi connectivity index (χ2v) is 4.67. The van der Waals surface area contributed by atoms with Crippen molar-refractivity contribution in [3.8, 4) is 5.75 Å². The van der Waals surface area contributed by atoms with Gasteiger partial charge in [-0.1, -0.05) is 12.1 Å². The van der Waals surface area contributed by atoms with E-state index in [1.165, 1.54) is 10.5 Å². The molecule has 0 saturated heterocycles. The molecule has 0 heterocycles. The molecule has 4 nitrogen and oxygen atoms in total. The molecule has 18 heavy (non-hydrogen) atoms. The lowest BCUT2D eigenvalue weighted by Gasteiger charge is -2.15. The fourth-order valence-electron chi connectivity index (χ4n) is 1.84. The van der Waals surface area contributed by atoms with Crippen LogP contribution in [0.5, 0.6) is 5.75 Å².